The topological polar surface area (TPSA) is 101 Å². The van der Waals surface area contributed by atoms with Gasteiger partial charge in [0.25, 0.3) is 5.88 Å². The summed E-state index contributed by atoms with van der Waals surface area (Å²) in [6, 6.07) is 1.88. The maximum Gasteiger partial charge on any atom is 0.413 e. The number of methoxy groups -OCH3 is 2. The van der Waals surface area contributed by atoms with E-state index in [2.05, 4.69) is 4.98 Å². The summed E-state index contributed by atoms with van der Waals surface area (Å²) < 4.78 is 16.0. The van der Waals surface area contributed by atoms with E-state index in [1.807, 2.05) is 6.07 Å². The third-order valence-electron chi connectivity index (χ3n) is 4.48. The number of aryl methyl sites for hydroxylation is 1. The van der Waals surface area contributed by atoms with Crippen LogP contribution in [0.25, 0.3) is 0 Å². The van der Waals surface area contributed by atoms with Crippen molar-refractivity contribution < 1.29 is 28.9 Å². The number of pyridine rings is 1. The maximum atomic E-state index is 11.6. The van der Waals surface area contributed by atoms with Crippen LogP contribution in [-0.2, 0) is 32.0 Å². The number of carbonyl (C=O) groups excluding carboxylic acids is 1. The first-order valence-electron chi connectivity index (χ1n) is 8.69. The summed E-state index contributed by atoms with van der Waals surface area (Å²) in [4.78, 5) is 30.2. The van der Waals surface area contributed by atoms with Crippen LogP contribution in [0, 0.1) is 0 Å². The van der Waals surface area contributed by atoms with E-state index in [0.29, 0.717) is 30.9 Å². The van der Waals surface area contributed by atoms with E-state index < -0.39 is 12.4 Å². The van der Waals surface area contributed by atoms with Crippen molar-refractivity contribution >= 4 is 17.9 Å². The Kier molecular flexibility index (Phi) is 6.10. The van der Waals surface area contributed by atoms with E-state index in [1.165, 1.54) is 25.4 Å². The molecule has 0 saturated carbocycles. The maximum absolute atomic E-state index is 11.6. The minimum absolute atomic E-state index is 0.00668. The Balaban J connectivity index is 2.06. The molecule has 1 N–H and O–H groups in total. The lowest BCUT2D eigenvalue weighted by atomic mass is 10.0. The molecule has 0 atom stereocenters. The lowest BCUT2D eigenvalue weighted by Crippen LogP contribution is -2.35. The first-order valence-corrected chi connectivity index (χ1v) is 8.69. The van der Waals surface area contributed by atoms with Crippen molar-refractivity contribution in [1.82, 2.24) is 9.88 Å². The monoisotopic (exact) mass is 387 g/mol. The number of hydrogen-bond donors (Lipinski definition) is 1. The minimum Gasteiger partial charge on any atom is -0.465 e. The molecular formula is C19H21N3O6. The van der Waals surface area contributed by atoms with Crippen LogP contribution in [-0.4, -0.2) is 47.8 Å². The van der Waals surface area contributed by atoms with Gasteiger partial charge in [-0.3, -0.25) is 4.90 Å². The van der Waals surface area contributed by atoms with Gasteiger partial charge in [0.05, 0.1) is 12.8 Å². The van der Waals surface area contributed by atoms with Gasteiger partial charge in [0, 0.05) is 27.0 Å². The summed E-state index contributed by atoms with van der Waals surface area (Å²) in [5.41, 5.74) is 1.98. The van der Waals surface area contributed by atoms with Crippen molar-refractivity contribution in [3.05, 3.63) is 53.4 Å². The predicted molar refractivity (Wildman–Crippen MR) is 98.8 cm³/mol. The highest BCUT2D eigenvalue weighted by Crippen LogP contribution is 2.32. The van der Waals surface area contributed by atoms with Gasteiger partial charge >= 0.3 is 6.09 Å². The molecule has 0 aromatic carbocycles. The predicted octanol–water partition coefficient (Wildman–Crippen LogP) is 2.34. The Bertz CT molecular complexity index is 855. The third-order valence-corrected chi connectivity index (χ3v) is 4.48. The molecule has 1 amide bonds. The standard InChI is InChI=1S/C19H21N3O6/c1-26-18(27-2)16-14(11-21-7-3-4-9-28-15(21)12-23)10-13-6-5-8-22(19(24)25)17(13)20-16/h3-4,7,9-10,18H,5-6,8,11H2,1-2H3,(H,24,25). The van der Waals surface area contributed by atoms with Gasteiger partial charge in [-0.15, -0.1) is 0 Å². The molecule has 0 spiro atoms. The second-order valence-corrected chi connectivity index (χ2v) is 6.18. The quantitative estimate of drug-likeness (QED) is 0.607. The smallest absolute Gasteiger partial charge is 0.413 e. The van der Waals surface area contributed by atoms with E-state index in [1.54, 1.807) is 29.2 Å². The molecule has 1 aromatic heterocycles. The van der Waals surface area contributed by atoms with Gasteiger partial charge in [-0.05, 0) is 42.2 Å². The van der Waals surface area contributed by atoms with Crippen LogP contribution in [0.1, 0.15) is 29.5 Å². The zero-order valence-corrected chi connectivity index (χ0v) is 15.6. The zero-order chi connectivity index (χ0) is 20.1. The molecule has 0 aliphatic carbocycles. The molecular weight excluding hydrogens is 366 g/mol. The van der Waals surface area contributed by atoms with Crippen LogP contribution in [0.3, 0.4) is 0 Å². The number of aromatic nitrogens is 1. The molecule has 0 saturated heterocycles. The second-order valence-electron chi connectivity index (χ2n) is 6.18. The molecule has 0 unspecified atom stereocenters. The molecule has 28 heavy (non-hydrogen) atoms. The van der Waals surface area contributed by atoms with E-state index >= 15 is 0 Å². The van der Waals surface area contributed by atoms with Crippen molar-refractivity contribution in [2.45, 2.75) is 25.7 Å². The Hall–Kier alpha value is -3.13. The van der Waals surface area contributed by atoms with Crippen LogP contribution in [0.2, 0.25) is 0 Å². The van der Waals surface area contributed by atoms with Gasteiger partial charge in [-0.2, -0.15) is 0 Å². The van der Waals surface area contributed by atoms with Crippen molar-refractivity contribution in [1.29, 1.82) is 0 Å². The molecule has 0 bridgehead atoms. The van der Waals surface area contributed by atoms with Crippen LogP contribution >= 0.6 is 0 Å². The normalized spacial score (nSPS) is 15.9. The summed E-state index contributed by atoms with van der Waals surface area (Å²) in [7, 11) is 2.95. The lowest BCUT2D eigenvalue weighted by molar-refractivity contribution is -0.109. The van der Waals surface area contributed by atoms with Gasteiger partial charge in [0.2, 0.25) is 6.29 Å². The SMILES string of the molecule is COC(OC)c1nc2c(cc1CN1C=CC=COC1=C=O)CCCN2C(=O)O. The van der Waals surface area contributed by atoms with Crippen LogP contribution in [0.15, 0.2) is 36.6 Å². The number of nitrogens with zero attached hydrogens (tertiary/aromatic N) is 3. The highest BCUT2D eigenvalue weighted by molar-refractivity contribution is 5.86. The van der Waals surface area contributed by atoms with Crippen molar-refractivity contribution in [2.24, 2.45) is 0 Å². The lowest BCUT2D eigenvalue weighted by Gasteiger charge is -2.29. The number of rotatable bonds is 5. The number of hydrogen-bond acceptors (Lipinski definition) is 7. The fourth-order valence-corrected chi connectivity index (χ4v) is 3.22. The highest BCUT2D eigenvalue weighted by Gasteiger charge is 2.28. The first-order chi connectivity index (χ1) is 13.6. The molecule has 3 heterocycles. The van der Waals surface area contributed by atoms with Crippen LogP contribution < -0.4 is 4.90 Å². The summed E-state index contributed by atoms with van der Waals surface area (Å²) in [6.45, 7) is 0.625. The minimum atomic E-state index is -1.06. The van der Waals surface area contributed by atoms with Crippen molar-refractivity contribution in [3.8, 4) is 0 Å². The molecule has 9 heteroatoms. The number of amides is 1. The summed E-state index contributed by atoms with van der Waals surface area (Å²) in [5.74, 6) is 2.16. The van der Waals surface area contributed by atoms with Crippen molar-refractivity contribution in [2.75, 3.05) is 25.7 Å². The fraction of sp³-hybridized carbons (Fsp3) is 0.368. The Morgan fingerprint density at radius 3 is 2.86 bits per heavy atom. The Labute approximate surface area is 162 Å². The van der Waals surface area contributed by atoms with Gasteiger partial charge in [0.1, 0.15) is 11.5 Å². The molecule has 1 aromatic rings. The van der Waals surface area contributed by atoms with Crippen molar-refractivity contribution in [3.63, 3.8) is 0 Å². The van der Waals surface area contributed by atoms with E-state index in [-0.39, 0.29) is 12.4 Å². The second kappa shape index (κ2) is 8.71. The average Bonchev–Trinajstić information content (AvgIpc) is 2.93. The average molecular weight is 387 g/mol. The summed E-state index contributed by atoms with van der Waals surface area (Å²) >= 11 is 0. The third kappa shape index (κ3) is 3.91. The van der Waals surface area contributed by atoms with Gasteiger partial charge in [0.15, 0.2) is 5.94 Å². The number of carbonyl (C=O) groups is 1. The fourth-order valence-electron chi connectivity index (χ4n) is 3.22. The molecule has 0 fully saturated rings. The van der Waals surface area contributed by atoms with Gasteiger partial charge < -0.3 is 24.2 Å². The number of anilines is 1. The molecule has 9 nitrogen and oxygen atoms in total. The Morgan fingerprint density at radius 2 is 2.18 bits per heavy atom. The van der Waals surface area contributed by atoms with Gasteiger partial charge in [-0.1, -0.05) is 0 Å². The molecule has 148 valence electrons. The number of fused-ring (bicyclic) bond motifs is 1. The number of ether oxygens (including phenoxy) is 3. The zero-order valence-electron chi connectivity index (χ0n) is 15.6. The number of allylic oxidation sites excluding steroid dienone is 2. The summed E-state index contributed by atoms with van der Waals surface area (Å²) in [6.07, 6.45) is 6.01. The van der Waals surface area contributed by atoms with E-state index in [0.717, 1.165) is 11.1 Å². The number of carboxylic acid groups (broad SMARTS) is 1. The van der Waals surface area contributed by atoms with Crippen LogP contribution in [0.5, 0.6) is 0 Å². The first kappa shape index (κ1) is 19.6. The highest BCUT2D eigenvalue weighted by atomic mass is 16.7. The molecule has 0 radical (unpaired) electrons. The summed E-state index contributed by atoms with van der Waals surface area (Å²) in [5, 5.41) is 9.49. The Morgan fingerprint density at radius 1 is 1.39 bits per heavy atom. The molecule has 2 aliphatic rings. The van der Waals surface area contributed by atoms with Crippen LogP contribution in [0.4, 0.5) is 10.6 Å². The largest absolute Gasteiger partial charge is 0.465 e. The molecule has 2 aliphatic heterocycles. The van der Waals surface area contributed by atoms with Gasteiger partial charge in [-0.25, -0.2) is 14.6 Å². The van der Waals surface area contributed by atoms with E-state index in [4.69, 9.17) is 14.2 Å². The molecule has 3 rings (SSSR count). The van der Waals surface area contributed by atoms with E-state index in [9.17, 15) is 14.7 Å².